The molecule has 1 heterocycles. The molecular formula is C27H28BrNO4. The fraction of sp³-hybridized carbons (Fsp3) is 0.333. The molecule has 0 saturated heterocycles. The monoisotopic (exact) mass is 509 g/mol. The summed E-state index contributed by atoms with van der Waals surface area (Å²) in [5.41, 5.74) is 4.84. The van der Waals surface area contributed by atoms with Crippen molar-refractivity contribution in [2.75, 3.05) is 19.8 Å². The van der Waals surface area contributed by atoms with Crippen LogP contribution in [0.1, 0.15) is 49.7 Å². The molecule has 0 bridgehead atoms. The molecule has 0 fully saturated rings. The fourth-order valence-electron chi connectivity index (χ4n) is 4.67. The Morgan fingerprint density at radius 2 is 1.76 bits per heavy atom. The smallest absolute Gasteiger partial charge is 0.336 e. The molecule has 2 aliphatic rings. The molecule has 0 radical (unpaired) electrons. The molecular weight excluding hydrogens is 482 g/mol. The van der Waals surface area contributed by atoms with Crippen LogP contribution < -0.4 is 5.32 Å². The highest BCUT2D eigenvalue weighted by atomic mass is 79.9. The van der Waals surface area contributed by atoms with Crippen molar-refractivity contribution in [3.8, 4) is 0 Å². The van der Waals surface area contributed by atoms with Crippen molar-refractivity contribution in [2.24, 2.45) is 0 Å². The molecule has 2 aromatic carbocycles. The maximum atomic E-state index is 13.5. The molecule has 5 nitrogen and oxygen atoms in total. The van der Waals surface area contributed by atoms with Gasteiger partial charge in [-0.2, -0.15) is 0 Å². The molecule has 1 aliphatic carbocycles. The summed E-state index contributed by atoms with van der Waals surface area (Å²) < 4.78 is 11.8. The van der Waals surface area contributed by atoms with E-state index in [0.29, 0.717) is 30.8 Å². The third kappa shape index (κ3) is 5.12. The summed E-state index contributed by atoms with van der Waals surface area (Å²) in [6, 6.07) is 17.9. The second kappa shape index (κ2) is 10.5. The van der Waals surface area contributed by atoms with E-state index < -0.39 is 11.9 Å². The topological polar surface area (TPSA) is 64.6 Å². The van der Waals surface area contributed by atoms with Crippen LogP contribution in [0.3, 0.4) is 0 Å². The van der Waals surface area contributed by atoms with Gasteiger partial charge < -0.3 is 14.8 Å². The Labute approximate surface area is 203 Å². The summed E-state index contributed by atoms with van der Waals surface area (Å²) in [6.45, 7) is 4.86. The Morgan fingerprint density at radius 3 is 2.45 bits per heavy atom. The molecule has 1 N–H and O–H groups in total. The second-order valence-electron chi connectivity index (χ2n) is 8.31. The van der Waals surface area contributed by atoms with Gasteiger partial charge in [0.2, 0.25) is 0 Å². The van der Waals surface area contributed by atoms with E-state index in [0.717, 1.165) is 33.4 Å². The standard InChI is InChI=1S/C27H28BrNO4/c1-3-32-13-14-33-27(31)24-17(2)29-22-15-20(18-7-5-4-6-8-18)16-23(30)26(22)25(24)19-9-11-21(28)12-10-19/h4-12,20,25,29H,3,13-16H2,1-2H3/t20-,25+/m0/s1. The van der Waals surface area contributed by atoms with Gasteiger partial charge in [-0.1, -0.05) is 58.4 Å². The van der Waals surface area contributed by atoms with Crippen LogP contribution in [-0.4, -0.2) is 31.6 Å². The number of allylic oxidation sites excluding steroid dienone is 3. The fourth-order valence-corrected chi connectivity index (χ4v) is 4.94. The molecule has 4 rings (SSSR count). The molecule has 2 atom stereocenters. The molecule has 6 heteroatoms. The van der Waals surface area contributed by atoms with Crippen molar-refractivity contribution < 1.29 is 19.1 Å². The van der Waals surface area contributed by atoms with Gasteiger partial charge in [0, 0.05) is 40.4 Å². The van der Waals surface area contributed by atoms with E-state index in [4.69, 9.17) is 9.47 Å². The first-order valence-electron chi connectivity index (χ1n) is 11.3. The number of carbonyl (C=O) groups is 2. The molecule has 0 aromatic heterocycles. The van der Waals surface area contributed by atoms with Crippen LogP contribution in [0, 0.1) is 0 Å². The van der Waals surface area contributed by atoms with Crippen LogP contribution >= 0.6 is 15.9 Å². The van der Waals surface area contributed by atoms with E-state index in [1.54, 1.807) is 0 Å². The molecule has 0 unspecified atom stereocenters. The maximum absolute atomic E-state index is 13.5. The lowest BCUT2D eigenvalue weighted by atomic mass is 9.72. The number of rotatable bonds is 7. The van der Waals surface area contributed by atoms with Gasteiger partial charge in [-0.05, 0) is 49.4 Å². The lowest BCUT2D eigenvalue weighted by molar-refractivity contribution is -0.140. The van der Waals surface area contributed by atoms with Crippen LogP contribution in [0.15, 0.2) is 81.6 Å². The van der Waals surface area contributed by atoms with E-state index in [1.807, 2.05) is 56.3 Å². The minimum atomic E-state index is -0.460. The van der Waals surface area contributed by atoms with Gasteiger partial charge in [0.25, 0.3) is 0 Å². The van der Waals surface area contributed by atoms with E-state index in [2.05, 4.69) is 33.4 Å². The number of Topliss-reactive ketones (excluding diaryl/α,β-unsaturated/α-hetero) is 1. The Bertz CT molecular complexity index is 1090. The number of halogens is 1. The summed E-state index contributed by atoms with van der Waals surface area (Å²) in [6.07, 6.45) is 1.14. The second-order valence-corrected chi connectivity index (χ2v) is 9.23. The zero-order valence-electron chi connectivity index (χ0n) is 18.9. The normalized spacial score (nSPS) is 20.4. The minimum absolute atomic E-state index is 0.0673. The van der Waals surface area contributed by atoms with E-state index >= 15 is 0 Å². The molecule has 172 valence electrons. The SMILES string of the molecule is CCOCCOC(=O)C1=C(C)NC2=C(C(=O)C[C@@H](c3ccccc3)C2)[C@@H]1c1ccc(Br)cc1. The predicted molar refractivity (Wildman–Crippen MR) is 131 cm³/mol. The Balaban J connectivity index is 1.70. The number of esters is 1. The number of dihydropyridines is 1. The van der Waals surface area contributed by atoms with Gasteiger partial charge in [0.15, 0.2) is 5.78 Å². The number of carbonyl (C=O) groups excluding carboxylic acids is 2. The van der Waals surface area contributed by atoms with Crippen molar-refractivity contribution in [1.82, 2.24) is 5.32 Å². The number of hydrogen-bond acceptors (Lipinski definition) is 5. The predicted octanol–water partition coefficient (Wildman–Crippen LogP) is 5.39. The van der Waals surface area contributed by atoms with Crippen LogP contribution in [0.5, 0.6) is 0 Å². The number of hydrogen-bond donors (Lipinski definition) is 1. The molecule has 1 aliphatic heterocycles. The lowest BCUT2D eigenvalue weighted by Crippen LogP contribution is -2.36. The van der Waals surface area contributed by atoms with Gasteiger partial charge in [-0.3, -0.25) is 4.79 Å². The maximum Gasteiger partial charge on any atom is 0.336 e. The number of ether oxygens (including phenoxy) is 2. The van der Waals surface area contributed by atoms with Gasteiger partial charge in [0.05, 0.1) is 12.2 Å². The zero-order chi connectivity index (χ0) is 23.4. The largest absolute Gasteiger partial charge is 0.460 e. The van der Waals surface area contributed by atoms with E-state index in [-0.39, 0.29) is 18.3 Å². The lowest BCUT2D eigenvalue weighted by Gasteiger charge is -2.36. The van der Waals surface area contributed by atoms with E-state index in [1.165, 1.54) is 0 Å². The molecule has 0 saturated carbocycles. The Hall–Kier alpha value is -2.70. The average molecular weight is 510 g/mol. The number of nitrogens with one attached hydrogen (secondary N) is 1. The number of benzene rings is 2. The molecule has 2 aromatic rings. The first kappa shape index (κ1) is 23.5. The van der Waals surface area contributed by atoms with Crippen molar-refractivity contribution in [3.63, 3.8) is 0 Å². The van der Waals surface area contributed by atoms with Crippen LogP contribution in [0.25, 0.3) is 0 Å². The number of ketones is 1. The van der Waals surface area contributed by atoms with E-state index in [9.17, 15) is 9.59 Å². The van der Waals surface area contributed by atoms with Crippen LogP contribution in [0.4, 0.5) is 0 Å². The van der Waals surface area contributed by atoms with Gasteiger partial charge in [-0.25, -0.2) is 4.79 Å². The summed E-state index contributed by atoms with van der Waals surface area (Å²) >= 11 is 3.48. The highest BCUT2D eigenvalue weighted by Gasteiger charge is 2.41. The van der Waals surface area contributed by atoms with Crippen LogP contribution in [-0.2, 0) is 19.1 Å². The summed E-state index contributed by atoms with van der Waals surface area (Å²) in [5, 5.41) is 3.39. The van der Waals surface area contributed by atoms with Crippen molar-refractivity contribution in [3.05, 3.63) is 92.7 Å². The first-order valence-corrected chi connectivity index (χ1v) is 12.1. The van der Waals surface area contributed by atoms with Gasteiger partial charge in [-0.15, -0.1) is 0 Å². The highest BCUT2D eigenvalue weighted by Crippen LogP contribution is 2.45. The van der Waals surface area contributed by atoms with Gasteiger partial charge in [0.1, 0.15) is 6.61 Å². The summed E-state index contributed by atoms with van der Waals surface area (Å²) in [5.74, 6) is -0.698. The summed E-state index contributed by atoms with van der Waals surface area (Å²) in [4.78, 5) is 26.7. The summed E-state index contributed by atoms with van der Waals surface area (Å²) in [7, 11) is 0. The Kier molecular flexibility index (Phi) is 7.46. The quantitative estimate of drug-likeness (QED) is 0.400. The zero-order valence-corrected chi connectivity index (χ0v) is 20.5. The molecule has 0 amide bonds. The molecule has 0 spiro atoms. The third-order valence-electron chi connectivity index (χ3n) is 6.19. The third-order valence-corrected chi connectivity index (χ3v) is 6.72. The van der Waals surface area contributed by atoms with Crippen molar-refractivity contribution in [2.45, 2.75) is 38.5 Å². The average Bonchev–Trinajstić information content (AvgIpc) is 2.82. The minimum Gasteiger partial charge on any atom is -0.460 e. The van der Waals surface area contributed by atoms with Crippen molar-refractivity contribution >= 4 is 27.7 Å². The van der Waals surface area contributed by atoms with Crippen molar-refractivity contribution in [1.29, 1.82) is 0 Å². The van der Waals surface area contributed by atoms with Gasteiger partial charge >= 0.3 is 5.97 Å². The Morgan fingerprint density at radius 1 is 1.03 bits per heavy atom. The molecule has 33 heavy (non-hydrogen) atoms. The van der Waals surface area contributed by atoms with Crippen LogP contribution in [0.2, 0.25) is 0 Å². The first-order chi connectivity index (χ1) is 16.0. The highest BCUT2D eigenvalue weighted by molar-refractivity contribution is 9.10.